The van der Waals surface area contributed by atoms with Crippen LogP contribution in [-0.4, -0.2) is 19.6 Å². The first kappa shape index (κ1) is 13.7. The maximum Gasteiger partial charge on any atom is 0.337 e. The molecule has 0 aliphatic rings. The lowest BCUT2D eigenvalue weighted by Crippen LogP contribution is -2.14. The number of benzene rings is 1. The lowest BCUT2D eigenvalue weighted by molar-refractivity contribution is 0.0600. The molecule has 0 fully saturated rings. The van der Waals surface area contributed by atoms with Crippen molar-refractivity contribution in [2.45, 2.75) is 32.7 Å². The molecule has 94 valence electrons. The summed E-state index contributed by atoms with van der Waals surface area (Å²) in [5.74, 6) is -0.285. The lowest BCUT2D eigenvalue weighted by Gasteiger charge is -2.05. The van der Waals surface area contributed by atoms with Gasteiger partial charge < -0.3 is 10.1 Å². The first-order valence-electron chi connectivity index (χ1n) is 6.16. The van der Waals surface area contributed by atoms with E-state index in [2.05, 4.69) is 17.0 Å². The number of nitrogens with one attached hydrogen (secondary N) is 1. The summed E-state index contributed by atoms with van der Waals surface area (Å²) < 4.78 is 4.65. The van der Waals surface area contributed by atoms with Gasteiger partial charge in [0, 0.05) is 6.54 Å². The van der Waals surface area contributed by atoms with Crippen molar-refractivity contribution in [3.05, 3.63) is 35.4 Å². The first-order chi connectivity index (χ1) is 8.27. The Morgan fingerprint density at radius 2 is 1.94 bits per heavy atom. The van der Waals surface area contributed by atoms with E-state index < -0.39 is 0 Å². The van der Waals surface area contributed by atoms with Crippen LogP contribution in [0.2, 0.25) is 0 Å². The fourth-order valence-electron chi connectivity index (χ4n) is 1.61. The average Bonchev–Trinajstić information content (AvgIpc) is 2.38. The Balaban J connectivity index is 2.33. The zero-order valence-electron chi connectivity index (χ0n) is 10.7. The van der Waals surface area contributed by atoms with E-state index in [0.717, 1.165) is 13.1 Å². The van der Waals surface area contributed by atoms with Gasteiger partial charge in [0.2, 0.25) is 0 Å². The highest BCUT2D eigenvalue weighted by Crippen LogP contribution is 2.05. The van der Waals surface area contributed by atoms with Crippen LogP contribution in [0.3, 0.4) is 0 Å². The molecule has 0 aromatic heterocycles. The number of carbonyl (C=O) groups excluding carboxylic acids is 1. The average molecular weight is 235 g/mol. The fourth-order valence-corrected chi connectivity index (χ4v) is 1.61. The van der Waals surface area contributed by atoms with Gasteiger partial charge in [-0.25, -0.2) is 4.79 Å². The van der Waals surface area contributed by atoms with E-state index in [1.807, 2.05) is 12.1 Å². The number of rotatable bonds is 7. The summed E-state index contributed by atoms with van der Waals surface area (Å²) in [6, 6.07) is 7.52. The first-order valence-corrected chi connectivity index (χ1v) is 6.16. The molecule has 0 amide bonds. The van der Waals surface area contributed by atoms with Crippen LogP contribution in [0.4, 0.5) is 0 Å². The molecule has 0 bridgehead atoms. The molecule has 1 aromatic carbocycles. The van der Waals surface area contributed by atoms with E-state index in [1.165, 1.54) is 31.9 Å². The Bertz CT molecular complexity index is 333. The third-order valence-electron chi connectivity index (χ3n) is 2.66. The van der Waals surface area contributed by atoms with E-state index >= 15 is 0 Å². The molecule has 1 N–H and O–H groups in total. The van der Waals surface area contributed by atoms with Crippen molar-refractivity contribution in [3.8, 4) is 0 Å². The van der Waals surface area contributed by atoms with Crippen LogP contribution in [0.15, 0.2) is 24.3 Å². The van der Waals surface area contributed by atoms with Crippen molar-refractivity contribution < 1.29 is 9.53 Å². The molecule has 0 aliphatic heterocycles. The zero-order valence-corrected chi connectivity index (χ0v) is 10.7. The molecular formula is C14H21NO2. The number of unbranched alkanes of at least 4 members (excludes halogenated alkanes) is 2. The highest BCUT2D eigenvalue weighted by molar-refractivity contribution is 5.89. The highest BCUT2D eigenvalue weighted by Gasteiger charge is 2.03. The molecule has 0 saturated carbocycles. The predicted molar refractivity (Wildman–Crippen MR) is 69.0 cm³/mol. The molecule has 0 radical (unpaired) electrons. The molecule has 3 nitrogen and oxygen atoms in total. The summed E-state index contributed by atoms with van der Waals surface area (Å²) in [5.41, 5.74) is 1.79. The Morgan fingerprint density at radius 3 is 2.53 bits per heavy atom. The van der Waals surface area contributed by atoms with E-state index in [9.17, 15) is 4.79 Å². The minimum absolute atomic E-state index is 0.285. The molecule has 0 aliphatic carbocycles. The maximum absolute atomic E-state index is 11.2. The van der Waals surface area contributed by atoms with Gasteiger partial charge in [-0.2, -0.15) is 0 Å². The molecular weight excluding hydrogens is 214 g/mol. The second kappa shape index (κ2) is 7.85. The van der Waals surface area contributed by atoms with E-state index in [4.69, 9.17) is 0 Å². The Morgan fingerprint density at radius 1 is 1.24 bits per heavy atom. The highest BCUT2D eigenvalue weighted by atomic mass is 16.5. The second-order valence-corrected chi connectivity index (χ2v) is 4.07. The van der Waals surface area contributed by atoms with Crippen LogP contribution in [0.5, 0.6) is 0 Å². The van der Waals surface area contributed by atoms with Gasteiger partial charge in [-0.3, -0.25) is 0 Å². The standard InChI is InChI=1S/C14H21NO2/c1-3-4-5-10-15-11-12-6-8-13(9-7-12)14(16)17-2/h6-9,15H,3-5,10-11H2,1-2H3. The smallest absolute Gasteiger partial charge is 0.337 e. The Labute approximate surface area is 103 Å². The van der Waals surface area contributed by atoms with Crippen LogP contribution in [0.1, 0.15) is 42.1 Å². The number of hydrogen-bond donors (Lipinski definition) is 1. The Kier molecular flexibility index (Phi) is 6.33. The van der Waals surface area contributed by atoms with E-state index in [-0.39, 0.29) is 5.97 Å². The lowest BCUT2D eigenvalue weighted by atomic mass is 10.1. The molecule has 0 spiro atoms. The molecule has 1 aromatic rings. The minimum atomic E-state index is -0.285. The summed E-state index contributed by atoms with van der Waals surface area (Å²) in [5, 5.41) is 3.38. The second-order valence-electron chi connectivity index (χ2n) is 4.07. The monoisotopic (exact) mass is 235 g/mol. The SMILES string of the molecule is CCCCCNCc1ccc(C(=O)OC)cc1. The molecule has 3 heteroatoms. The van der Waals surface area contributed by atoms with Crippen molar-refractivity contribution in [2.24, 2.45) is 0 Å². The molecule has 0 heterocycles. The molecule has 0 atom stereocenters. The maximum atomic E-state index is 11.2. The van der Waals surface area contributed by atoms with Crippen LogP contribution >= 0.6 is 0 Å². The van der Waals surface area contributed by atoms with Crippen LogP contribution in [0, 0.1) is 0 Å². The third-order valence-corrected chi connectivity index (χ3v) is 2.66. The topological polar surface area (TPSA) is 38.3 Å². The van der Waals surface area contributed by atoms with Gasteiger partial charge in [0.25, 0.3) is 0 Å². The molecule has 1 rings (SSSR count). The molecule has 0 saturated heterocycles. The number of ether oxygens (including phenoxy) is 1. The van der Waals surface area contributed by atoms with Crippen LogP contribution in [-0.2, 0) is 11.3 Å². The summed E-state index contributed by atoms with van der Waals surface area (Å²) >= 11 is 0. The summed E-state index contributed by atoms with van der Waals surface area (Å²) in [4.78, 5) is 11.2. The summed E-state index contributed by atoms with van der Waals surface area (Å²) in [7, 11) is 1.39. The zero-order chi connectivity index (χ0) is 12.5. The van der Waals surface area contributed by atoms with Gasteiger partial charge in [-0.1, -0.05) is 31.9 Å². The third kappa shape index (κ3) is 5.00. The number of esters is 1. The predicted octanol–water partition coefficient (Wildman–Crippen LogP) is 2.75. The van der Waals surface area contributed by atoms with Gasteiger partial charge in [0.05, 0.1) is 12.7 Å². The number of methoxy groups -OCH3 is 1. The quantitative estimate of drug-likeness (QED) is 0.583. The molecule has 0 unspecified atom stereocenters. The van der Waals surface area contributed by atoms with E-state index in [0.29, 0.717) is 5.56 Å². The van der Waals surface area contributed by atoms with Crippen molar-refractivity contribution in [1.29, 1.82) is 0 Å². The van der Waals surface area contributed by atoms with Crippen molar-refractivity contribution in [1.82, 2.24) is 5.32 Å². The van der Waals surface area contributed by atoms with Gasteiger partial charge in [0.1, 0.15) is 0 Å². The largest absolute Gasteiger partial charge is 0.465 e. The van der Waals surface area contributed by atoms with Gasteiger partial charge in [-0.15, -0.1) is 0 Å². The summed E-state index contributed by atoms with van der Waals surface area (Å²) in [6.07, 6.45) is 3.74. The van der Waals surface area contributed by atoms with Crippen LogP contribution < -0.4 is 5.32 Å². The van der Waals surface area contributed by atoms with Crippen molar-refractivity contribution in [3.63, 3.8) is 0 Å². The summed E-state index contributed by atoms with van der Waals surface area (Å²) in [6.45, 7) is 4.10. The van der Waals surface area contributed by atoms with Crippen molar-refractivity contribution in [2.75, 3.05) is 13.7 Å². The van der Waals surface area contributed by atoms with Crippen LogP contribution in [0.25, 0.3) is 0 Å². The normalized spacial score (nSPS) is 10.2. The van der Waals surface area contributed by atoms with E-state index in [1.54, 1.807) is 12.1 Å². The molecule has 17 heavy (non-hydrogen) atoms. The van der Waals surface area contributed by atoms with Gasteiger partial charge in [0.15, 0.2) is 0 Å². The Hall–Kier alpha value is -1.35. The number of hydrogen-bond acceptors (Lipinski definition) is 3. The fraction of sp³-hybridized carbons (Fsp3) is 0.500. The van der Waals surface area contributed by atoms with Gasteiger partial charge in [-0.05, 0) is 30.7 Å². The number of carbonyl (C=O) groups is 1. The van der Waals surface area contributed by atoms with Gasteiger partial charge >= 0.3 is 5.97 Å². The van der Waals surface area contributed by atoms with Crippen molar-refractivity contribution >= 4 is 5.97 Å². The minimum Gasteiger partial charge on any atom is -0.465 e.